The van der Waals surface area contributed by atoms with Crippen molar-refractivity contribution in [1.29, 1.82) is 0 Å². The minimum absolute atomic E-state index is 0.161. The molecule has 3 aromatic rings. The second-order valence-electron chi connectivity index (χ2n) is 6.10. The highest BCUT2D eigenvalue weighted by atomic mass is 79.9. The van der Waals surface area contributed by atoms with Gasteiger partial charge in [0.1, 0.15) is 24.7 Å². The topological polar surface area (TPSA) is 82.4 Å². The van der Waals surface area contributed by atoms with E-state index >= 15 is 0 Å². The molecule has 0 unspecified atom stereocenters. The maximum Gasteiger partial charge on any atom is 0.267 e. The van der Waals surface area contributed by atoms with Gasteiger partial charge in [-0.2, -0.15) is 5.10 Å². The summed E-state index contributed by atoms with van der Waals surface area (Å²) < 4.78 is 12.7. The standard InChI is InChI=1S/C21H20BrN3O4/c1-28-17-6-8-18(9-7-17)29-13-12-23-20(26)14-25-21(27)11-10-19(24-25)15-2-4-16(22)5-3-15/h2-11H,12-14H2,1H3,(H,23,26). The molecule has 0 saturated carbocycles. The van der Waals surface area contributed by atoms with Crippen molar-refractivity contribution in [3.05, 3.63) is 75.5 Å². The number of rotatable bonds is 8. The Hall–Kier alpha value is -3.13. The first-order valence-corrected chi connectivity index (χ1v) is 9.72. The number of nitrogens with zero attached hydrogens (tertiary/aromatic N) is 2. The molecule has 0 atom stereocenters. The third-order valence-electron chi connectivity index (χ3n) is 4.05. The summed E-state index contributed by atoms with van der Waals surface area (Å²) in [5, 5.41) is 7.01. The molecule has 2 aromatic carbocycles. The number of nitrogens with one attached hydrogen (secondary N) is 1. The van der Waals surface area contributed by atoms with Crippen LogP contribution >= 0.6 is 15.9 Å². The smallest absolute Gasteiger partial charge is 0.267 e. The number of carbonyl (C=O) groups is 1. The molecule has 0 fully saturated rings. The first-order valence-electron chi connectivity index (χ1n) is 8.93. The Balaban J connectivity index is 1.52. The molecule has 0 spiro atoms. The Kier molecular flexibility index (Phi) is 7.02. The van der Waals surface area contributed by atoms with Crippen LogP contribution in [0.5, 0.6) is 11.5 Å². The van der Waals surface area contributed by atoms with Gasteiger partial charge < -0.3 is 14.8 Å². The van der Waals surface area contributed by atoms with Crippen molar-refractivity contribution in [1.82, 2.24) is 15.1 Å². The lowest BCUT2D eigenvalue weighted by Gasteiger charge is -2.10. The fraction of sp³-hybridized carbons (Fsp3) is 0.190. The average molecular weight is 458 g/mol. The summed E-state index contributed by atoms with van der Waals surface area (Å²) in [7, 11) is 1.60. The van der Waals surface area contributed by atoms with Crippen LogP contribution in [0.25, 0.3) is 11.3 Å². The van der Waals surface area contributed by atoms with E-state index in [1.54, 1.807) is 37.4 Å². The normalized spacial score (nSPS) is 10.4. The number of carbonyl (C=O) groups excluding carboxylic acids is 1. The summed E-state index contributed by atoms with van der Waals surface area (Å²) in [5.41, 5.74) is 1.14. The number of hydrogen-bond donors (Lipinski definition) is 1. The van der Waals surface area contributed by atoms with Crippen molar-refractivity contribution < 1.29 is 14.3 Å². The van der Waals surface area contributed by atoms with Gasteiger partial charge in [-0.3, -0.25) is 9.59 Å². The Labute approximate surface area is 176 Å². The number of amides is 1. The van der Waals surface area contributed by atoms with Crippen molar-refractivity contribution in [2.24, 2.45) is 0 Å². The van der Waals surface area contributed by atoms with Crippen LogP contribution in [-0.4, -0.2) is 35.9 Å². The largest absolute Gasteiger partial charge is 0.497 e. The van der Waals surface area contributed by atoms with Crippen molar-refractivity contribution in [3.8, 4) is 22.8 Å². The van der Waals surface area contributed by atoms with Gasteiger partial charge in [-0.15, -0.1) is 0 Å². The SMILES string of the molecule is COc1ccc(OCCNC(=O)Cn2nc(-c3ccc(Br)cc3)ccc2=O)cc1. The van der Waals surface area contributed by atoms with Gasteiger partial charge in [0.15, 0.2) is 0 Å². The molecule has 0 aliphatic heterocycles. The molecule has 1 aromatic heterocycles. The first-order chi connectivity index (χ1) is 14.0. The van der Waals surface area contributed by atoms with Gasteiger partial charge in [-0.1, -0.05) is 28.1 Å². The minimum Gasteiger partial charge on any atom is -0.497 e. The summed E-state index contributed by atoms with van der Waals surface area (Å²) in [6.07, 6.45) is 0. The molecule has 0 radical (unpaired) electrons. The summed E-state index contributed by atoms with van der Waals surface area (Å²) in [4.78, 5) is 24.2. The monoisotopic (exact) mass is 457 g/mol. The van der Waals surface area contributed by atoms with Crippen molar-refractivity contribution >= 4 is 21.8 Å². The third kappa shape index (κ3) is 5.92. The Bertz CT molecular complexity index is 1020. The van der Waals surface area contributed by atoms with Gasteiger partial charge in [0.2, 0.25) is 5.91 Å². The number of hydrogen-bond acceptors (Lipinski definition) is 5. The maximum absolute atomic E-state index is 12.2. The predicted molar refractivity (Wildman–Crippen MR) is 113 cm³/mol. The van der Waals surface area contributed by atoms with E-state index in [1.807, 2.05) is 24.3 Å². The van der Waals surface area contributed by atoms with Gasteiger partial charge in [0.25, 0.3) is 5.56 Å². The Morgan fingerprint density at radius 1 is 1.03 bits per heavy atom. The van der Waals surface area contributed by atoms with Crippen molar-refractivity contribution in [2.75, 3.05) is 20.3 Å². The minimum atomic E-state index is -0.338. The molecule has 0 bridgehead atoms. The number of methoxy groups -OCH3 is 1. The lowest BCUT2D eigenvalue weighted by atomic mass is 10.1. The predicted octanol–water partition coefficient (Wildman–Crippen LogP) is 2.88. The molecule has 1 heterocycles. The van der Waals surface area contributed by atoms with Crippen molar-refractivity contribution in [2.45, 2.75) is 6.54 Å². The Morgan fingerprint density at radius 3 is 2.41 bits per heavy atom. The summed E-state index contributed by atoms with van der Waals surface area (Å²) >= 11 is 3.38. The van der Waals surface area contributed by atoms with Crippen LogP contribution in [0, 0.1) is 0 Å². The van der Waals surface area contributed by atoms with E-state index in [9.17, 15) is 9.59 Å². The highest BCUT2D eigenvalue weighted by Crippen LogP contribution is 2.19. The van der Waals surface area contributed by atoms with Crippen LogP contribution in [0.3, 0.4) is 0 Å². The number of ether oxygens (including phenoxy) is 2. The molecule has 0 aliphatic rings. The quantitative estimate of drug-likeness (QED) is 0.525. The molecule has 7 nitrogen and oxygen atoms in total. The first kappa shape index (κ1) is 20.6. The van der Waals surface area contributed by atoms with Gasteiger partial charge in [-0.25, -0.2) is 4.68 Å². The third-order valence-corrected chi connectivity index (χ3v) is 4.58. The summed E-state index contributed by atoms with van der Waals surface area (Å²) in [5.74, 6) is 1.11. The van der Waals surface area contributed by atoms with E-state index in [0.717, 1.165) is 20.5 Å². The van der Waals surface area contributed by atoms with Gasteiger partial charge >= 0.3 is 0 Å². The van der Waals surface area contributed by atoms with Gasteiger partial charge in [0.05, 0.1) is 19.3 Å². The highest BCUT2D eigenvalue weighted by molar-refractivity contribution is 9.10. The van der Waals surface area contributed by atoms with Crippen molar-refractivity contribution in [3.63, 3.8) is 0 Å². The number of aromatic nitrogens is 2. The van der Waals surface area contributed by atoms with E-state index < -0.39 is 0 Å². The molecule has 29 heavy (non-hydrogen) atoms. The molecule has 150 valence electrons. The van der Waals surface area contributed by atoms with E-state index in [-0.39, 0.29) is 18.0 Å². The van der Waals surface area contributed by atoms with Crippen LogP contribution in [0.4, 0.5) is 0 Å². The summed E-state index contributed by atoms with van der Waals surface area (Å²) in [6, 6.07) is 17.8. The molecule has 1 amide bonds. The second kappa shape index (κ2) is 9.88. The average Bonchev–Trinajstić information content (AvgIpc) is 2.74. The lowest BCUT2D eigenvalue weighted by Crippen LogP contribution is -2.35. The van der Waals surface area contributed by atoms with Gasteiger partial charge in [-0.05, 0) is 42.5 Å². The van der Waals surface area contributed by atoms with Crippen LogP contribution in [0.2, 0.25) is 0 Å². The molecule has 0 aliphatic carbocycles. The molecule has 1 N–H and O–H groups in total. The highest BCUT2D eigenvalue weighted by Gasteiger charge is 2.08. The van der Waals surface area contributed by atoms with Gasteiger partial charge in [0, 0.05) is 16.1 Å². The molecule has 8 heteroatoms. The van der Waals surface area contributed by atoms with Crippen LogP contribution in [0.15, 0.2) is 69.9 Å². The maximum atomic E-state index is 12.2. The number of halogens is 1. The zero-order valence-corrected chi connectivity index (χ0v) is 17.4. The Morgan fingerprint density at radius 2 is 1.72 bits per heavy atom. The lowest BCUT2D eigenvalue weighted by molar-refractivity contribution is -0.122. The fourth-order valence-electron chi connectivity index (χ4n) is 2.56. The summed E-state index contributed by atoms with van der Waals surface area (Å²) in [6.45, 7) is 0.455. The zero-order valence-electron chi connectivity index (χ0n) is 15.8. The zero-order chi connectivity index (χ0) is 20.6. The number of benzene rings is 2. The van der Waals surface area contributed by atoms with E-state index in [2.05, 4.69) is 26.3 Å². The van der Waals surface area contributed by atoms with Crippen LogP contribution < -0.4 is 20.3 Å². The second-order valence-corrected chi connectivity index (χ2v) is 7.01. The molecular weight excluding hydrogens is 438 g/mol. The molecule has 0 saturated heterocycles. The van der Waals surface area contributed by atoms with Crippen LogP contribution in [-0.2, 0) is 11.3 Å². The molecular formula is C21H20BrN3O4. The van der Waals surface area contributed by atoms with Crippen LogP contribution in [0.1, 0.15) is 0 Å². The fourth-order valence-corrected chi connectivity index (χ4v) is 2.82. The van der Waals surface area contributed by atoms with E-state index in [4.69, 9.17) is 9.47 Å². The van der Waals surface area contributed by atoms with E-state index in [0.29, 0.717) is 24.6 Å². The molecule has 3 rings (SSSR count). The van der Waals surface area contributed by atoms with E-state index in [1.165, 1.54) is 6.07 Å².